The molecule has 2 rings (SSSR count). The molecule has 0 spiro atoms. The molecule has 5 heteroatoms. The summed E-state index contributed by atoms with van der Waals surface area (Å²) in [5.74, 6) is 0.513. The molecule has 0 aliphatic carbocycles. The summed E-state index contributed by atoms with van der Waals surface area (Å²) in [6.07, 6.45) is 3.31. The van der Waals surface area contributed by atoms with Crippen LogP contribution in [0.15, 0.2) is 41.5 Å². The lowest BCUT2D eigenvalue weighted by Crippen LogP contribution is -2.26. The Morgan fingerprint density at radius 1 is 1.26 bits per heavy atom. The Kier molecular flexibility index (Phi) is 3.85. The average Bonchev–Trinajstić information content (AvgIpc) is 2.79. The Labute approximate surface area is 111 Å². The number of carbonyl (C=O) groups is 1. The second kappa shape index (κ2) is 5.56. The Morgan fingerprint density at radius 3 is 2.63 bits per heavy atom. The zero-order chi connectivity index (χ0) is 13.8. The third-order valence-electron chi connectivity index (χ3n) is 2.96. The van der Waals surface area contributed by atoms with Crippen LogP contribution in [0.5, 0.6) is 5.75 Å². The first-order chi connectivity index (χ1) is 9.15. The number of hydrogen-bond acceptors (Lipinski definition) is 3. The number of ketones is 1. The molecule has 19 heavy (non-hydrogen) atoms. The van der Waals surface area contributed by atoms with E-state index < -0.39 is 0 Å². The van der Waals surface area contributed by atoms with E-state index in [2.05, 4.69) is 0 Å². The molecule has 0 atom stereocenters. The minimum Gasteiger partial charge on any atom is -0.497 e. The van der Waals surface area contributed by atoms with E-state index in [0.717, 1.165) is 0 Å². The fourth-order valence-corrected chi connectivity index (χ4v) is 1.86. The summed E-state index contributed by atoms with van der Waals surface area (Å²) in [5.41, 5.74) is 0.370. The van der Waals surface area contributed by atoms with Gasteiger partial charge in [-0.05, 0) is 19.1 Å². The van der Waals surface area contributed by atoms with Crippen molar-refractivity contribution >= 4 is 5.78 Å². The topological polar surface area (TPSA) is 53.2 Å². The minimum atomic E-state index is -0.168. The number of nitrogens with zero attached hydrogens (tertiary/aromatic N) is 2. The molecule has 2 aromatic rings. The van der Waals surface area contributed by atoms with Gasteiger partial charge < -0.3 is 4.74 Å². The molecule has 1 heterocycles. The maximum Gasteiger partial charge on any atom is 0.328 e. The highest BCUT2D eigenvalue weighted by Crippen LogP contribution is 2.13. The molecule has 1 aromatic heterocycles. The summed E-state index contributed by atoms with van der Waals surface area (Å²) < 4.78 is 8.04. The van der Waals surface area contributed by atoms with Gasteiger partial charge in [0.25, 0.3) is 0 Å². The van der Waals surface area contributed by atoms with Crippen LogP contribution in [0, 0.1) is 0 Å². The van der Waals surface area contributed by atoms with Gasteiger partial charge in [0, 0.05) is 24.5 Å². The predicted octanol–water partition coefficient (Wildman–Crippen LogP) is 1.56. The summed E-state index contributed by atoms with van der Waals surface area (Å²) in [5, 5.41) is 0. The molecule has 0 N–H and O–H groups in total. The fraction of sp³-hybridized carbons (Fsp3) is 0.286. The van der Waals surface area contributed by atoms with Crippen molar-refractivity contribution in [2.24, 2.45) is 0 Å². The lowest BCUT2D eigenvalue weighted by Gasteiger charge is -2.04. The quantitative estimate of drug-likeness (QED) is 0.767. The summed E-state index contributed by atoms with van der Waals surface area (Å²) >= 11 is 0. The van der Waals surface area contributed by atoms with Gasteiger partial charge in [-0.15, -0.1) is 0 Å². The van der Waals surface area contributed by atoms with Crippen LogP contribution in [-0.4, -0.2) is 22.0 Å². The minimum absolute atomic E-state index is 0.0407. The molecule has 0 aliphatic heterocycles. The second-order valence-corrected chi connectivity index (χ2v) is 4.15. The third kappa shape index (κ3) is 2.76. The maximum atomic E-state index is 12.1. The molecule has 0 fully saturated rings. The number of benzene rings is 1. The van der Waals surface area contributed by atoms with Crippen LogP contribution < -0.4 is 10.4 Å². The number of imidazole rings is 1. The molecule has 0 bridgehead atoms. The number of hydrogen-bond donors (Lipinski definition) is 0. The number of ether oxygens (including phenoxy) is 1. The number of rotatable bonds is 5. The van der Waals surface area contributed by atoms with E-state index in [1.807, 2.05) is 6.92 Å². The second-order valence-electron chi connectivity index (χ2n) is 4.15. The number of aromatic nitrogens is 2. The molecule has 0 radical (unpaired) electrons. The van der Waals surface area contributed by atoms with Crippen LogP contribution in [-0.2, 0) is 13.1 Å². The standard InChI is InChI=1S/C14H16N2O3/c1-3-15-7-8-16(14(15)18)10-13(17)11-5-4-6-12(9-11)19-2/h4-9H,3,10H2,1-2H3. The van der Waals surface area contributed by atoms with Crippen molar-refractivity contribution in [2.75, 3.05) is 7.11 Å². The van der Waals surface area contributed by atoms with E-state index in [4.69, 9.17) is 4.74 Å². The molecule has 0 saturated heterocycles. The zero-order valence-corrected chi connectivity index (χ0v) is 11.0. The number of carbonyl (C=O) groups excluding carboxylic acids is 1. The van der Waals surface area contributed by atoms with Crippen LogP contribution in [0.25, 0.3) is 0 Å². The van der Waals surface area contributed by atoms with E-state index in [1.54, 1.807) is 48.3 Å². The van der Waals surface area contributed by atoms with Crippen LogP contribution >= 0.6 is 0 Å². The summed E-state index contributed by atoms with van der Waals surface area (Å²) in [4.78, 5) is 23.9. The van der Waals surface area contributed by atoms with Crippen molar-refractivity contribution in [3.63, 3.8) is 0 Å². The fourth-order valence-electron chi connectivity index (χ4n) is 1.86. The van der Waals surface area contributed by atoms with Crippen molar-refractivity contribution < 1.29 is 9.53 Å². The van der Waals surface area contributed by atoms with Gasteiger partial charge in [-0.1, -0.05) is 12.1 Å². The van der Waals surface area contributed by atoms with Crippen molar-refractivity contribution in [1.82, 2.24) is 9.13 Å². The molecular weight excluding hydrogens is 244 g/mol. The largest absolute Gasteiger partial charge is 0.497 e. The first-order valence-corrected chi connectivity index (χ1v) is 6.08. The van der Waals surface area contributed by atoms with Gasteiger partial charge in [-0.2, -0.15) is 0 Å². The highest BCUT2D eigenvalue weighted by Gasteiger charge is 2.10. The normalized spacial score (nSPS) is 10.4. The lowest BCUT2D eigenvalue weighted by atomic mass is 10.1. The van der Waals surface area contributed by atoms with Crippen LogP contribution in [0.4, 0.5) is 0 Å². The van der Waals surface area contributed by atoms with E-state index >= 15 is 0 Å². The molecule has 1 aromatic carbocycles. The number of Topliss-reactive ketones (excluding diaryl/α,β-unsaturated/α-hetero) is 1. The zero-order valence-electron chi connectivity index (χ0n) is 11.0. The number of aryl methyl sites for hydroxylation is 1. The molecule has 0 aliphatic rings. The van der Waals surface area contributed by atoms with Gasteiger partial charge in [0.2, 0.25) is 0 Å². The molecule has 5 nitrogen and oxygen atoms in total. The Bertz CT molecular complexity index is 640. The van der Waals surface area contributed by atoms with E-state index in [1.165, 1.54) is 4.57 Å². The molecule has 0 unspecified atom stereocenters. The van der Waals surface area contributed by atoms with Crippen LogP contribution in [0.1, 0.15) is 17.3 Å². The smallest absolute Gasteiger partial charge is 0.328 e. The maximum absolute atomic E-state index is 12.1. The van der Waals surface area contributed by atoms with Crippen LogP contribution in [0.3, 0.4) is 0 Å². The van der Waals surface area contributed by atoms with Gasteiger partial charge in [-0.3, -0.25) is 13.9 Å². The van der Waals surface area contributed by atoms with Crippen molar-refractivity contribution in [3.05, 3.63) is 52.7 Å². The Balaban J connectivity index is 2.20. The first-order valence-electron chi connectivity index (χ1n) is 6.08. The average molecular weight is 260 g/mol. The van der Waals surface area contributed by atoms with Gasteiger partial charge in [0.05, 0.1) is 13.7 Å². The summed E-state index contributed by atoms with van der Waals surface area (Å²) in [6.45, 7) is 2.52. The van der Waals surface area contributed by atoms with Gasteiger partial charge >= 0.3 is 5.69 Å². The predicted molar refractivity (Wildman–Crippen MR) is 71.7 cm³/mol. The third-order valence-corrected chi connectivity index (χ3v) is 2.96. The van der Waals surface area contributed by atoms with Crippen molar-refractivity contribution in [1.29, 1.82) is 0 Å². The van der Waals surface area contributed by atoms with Gasteiger partial charge in [0.15, 0.2) is 5.78 Å². The summed E-state index contributed by atoms with van der Waals surface area (Å²) in [6, 6.07) is 6.92. The highest BCUT2D eigenvalue weighted by molar-refractivity contribution is 5.96. The van der Waals surface area contributed by atoms with Gasteiger partial charge in [0.1, 0.15) is 5.75 Å². The first kappa shape index (κ1) is 13.1. The molecular formula is C14H16N2O3. The number of methoxy groups -OCH3 is 1. The Hall–Kier alpha value is -2.30. The molecule has 0 amide bonds. The molecule has 100 valence electrons. The lowest BCUT2D eigenvalue weighted by molar-refractivity contribution is 0.0970. The van der Waals surface area contributed by atoms with E-state index in [0.29, 0.717) is 17.9 Å². The molecule has 0 saturated carbocycles. The van der Waals surface area contributed by atoms with E-state index in [-0.39, 0.29) is 18.0 Å². The Morgan fingerprint density at radius 2 is 2.00 bits per heavy atom. The monoisotopic (exact) mass is 260 g/mol. The van der Waals surface area contributed by atoms with Gasteiger partial charge in [-0.25, -0.2) is 4.79 Å². The summed E-state index contributed by atoms with van der Waals surface area (Å²) in [7, 11) is 1.55. The van der Waals surface area contributed by atoms with Crippen molar-refractivity contribution in [3.8, 4) is 5.75 Å². The SMILES string of the molecule is CCn1ccn(CC(=O)c2cccc(OC)c2)c1=O. The van der Waals surface area contributed by atoms with Crippen molar-refractivity contribution in [2.45, 2.75) is 20.0 Å². The highest BCUT2D eigenvalue weighted by atomic mass is 16.5. The van der Waals surface area contributed by atoms with Crippen LogP contribution in [0.2, 0.25) is 0 Å². The van der Waals surface area contributed by atoms with E-state index in [9.17, 15) is 9.59 Å².